The van der Waals surface area contributed by atoms with E-state index in [2.05, 4.69) is 5.32 Å². The molecule has 1 aliphatic rings. The van der Waals surface area contributed by atoms with E-state index in [0.717, 1.165) is 25.7 Å². The number of carboxylic acids is 1. The molecule has 1 atom stereocenters. The lowest BCUT2D eigenvalue weighted by Crippen LogP contribution is -2.43. The SMILES string of the molecule is NC(=O)CCC(NC1CCCCCC1)C(=O)O. The van der Waals surface area contributed by atoms with E-state index in [1.54, 1.807) is 0 Å². The number of carbonyl (C=O) groups excluding carboxylic acids is 1. The molecule has 0 bridgehead atoms. The quantitative estimate of drug-likeness (QED) is 0.606. The molecule has 1 fully saturated rings. The summed E-state index contributed by atoms with van der Waals surface area (Å²) in [4.78, 5) is 21.7. The Hall–Kier alpha value is -1.10. The molecule has 98 valence electrons. The minimum Gasteiger partial charge on any atom is -0.480 e. The highest BCUT2D eigenvalue weighted by Crippen LogP contribution is 2.18. The van der Waals surface area contributed by atoms with Crippen molar-refractivity contribution in [2.45, 2.75) is 63.5 Å². The van der Waals surface area contributed by atoms with Crippen LogP contribution in [0.5, 0.6) is 0 Å². The molecule has 0 radical (unpaired) electrons. The maximum atomic E-state index is 11.1. The highest BCUT2D eigenvalue weighted by atomic mass is 16.4. The summed E-state index contributed by atoms with van der Waals surface area (Å²) in [6, 6.07) is -0.378. The van der Waals surface area contributed by atoms with Gasteiger partial charge in [0.1, 0.15) is 6.04 Å². The maximum Gasteiger partial charge on any atom is 0.320 e. The van der Waals surface area contributed by atoms with Gasteiger partial charge in [-0.1, -0.05) is 25.7 Å². The molecule has 5 heteroatoms. The summed E-state index contributed by atoms with van der Waals surface area (Å²) in [5.41, 5.74) is 5.04. The molecule has 0 aromatic heterocycles. The normalized spacial score (nSPS) is 19.5. The summed E-state index contributed by atoms with van der Waals surface area (Å²) in [6.45, 7) is 0. The Bertz CT molecular complexity index is 260. The van der Waals surface area contributed by atoms with Crippen molar-refractivity contribution in [3.05, 3.63) is 0 Å². The largest absolute Gasteiger partial charge is 0.480 e. The lowest BCUT2D eigenvalue weighted by Gasteiger charge is -2.21. The van der Waals surface area contributed by atoms with Crippen molar-refractivity contribution in [1.29, 1.82) is 0 Å². The van der Waals surface area contributed by atoms with Crippen LogP contribution < -0.4 is 11.1 Å². The molecule has 0 aliphatic heterocycles. The molecule has 1 unspecified atom stereocenters. The van der Waals surface area contributed by atoms with Gasteiger partial charge in [-0.05, 0) is 19.3 Å². The number of nitrogens with one attached hydrogen (secondary N) is 1. The fourth-order valence-corrected chi connectivity index (χ4v) is 2.30. The summed E-state index contributed by atoms with van der Waals surface area (Å²) in [6.07, 6.45) is 7.23. The predicted molar refractivity (Wildman–Crippen MR) is 64.5 cm³/mol. The van der Waals surface area contributed by atoms with Gasteiger partial charge in [0.2, 0.25) is 5.91 Å². The zero-order valence-corrected chi connectivity index (χ0v) is 10.2. The molecule has 0 aromatic carbocycles. The van der Waals surface area contributed by atoms with Crippen LogP contribution in [0, 0.1) is 0 Å². The van der Waals surface area contributed by atoms with E-state index in [9.17, 15) is 9.59 Å². The van der Waals surface area contributed by atoms with Crippen molar-refractivity contribution >= 4 is 11.9 Å². The van der Waals surface area contributed by atoms with Gasteiger partial charge in [-0.15, -0.1) is 0 Å². The van der Waals surface area contributed by atoms with Gasteiger partial charge >= 0.3 is 5.97 Å². The number of primary amides is 1. The van der Waals surface area contributed by atoms with Crippen LogP contribution in [-0.4, -0.2) is 29.1 Å². The van der Waals surface area contributed by atoms with E-state index >= 15 is 0 Å². The average Bonchev–Trinajstić information content (AvgIpc) is 2.51. The van der Waals surface area contributed by atoms with Gasteiger partial charge in [0.05, 0.1) is 0 Å². The Morgan fingerprint density at radius 2 is 1.82 bits per heavy atom. The minimum atomic E-state index is -0.893. The number of hydrogen-bond donors (Lipinski definition) is 3. The van der Waals surface area contributed by atoms with Crippen molar-refractivity contribution in [2.24, 2.45) is 5.73 Å². The average molecular weight is 242 g/mol. The summed E-state index contributed by atoms with van der Waals surface area (Å²) >= 11 is 0. The molecule has 0 aromatic rings. The Morgan fingerprint density at radius 1 is 1.24 bits per heavy atom. The first-order chi connectivity index (χ1) is 8.09. The van der Waals surface area contributed by atoms with Crippen LogP contribution in [0.3, 0.4) is 0 Å². The van der Waals surface area contributed by atoms with Crippen molar-refractivity contribution in [2.75, 3.05) is 0 Å². The number of rotatable bonds is 6. The van der Waals surface area contributed by atoms with Crippen molar-refractivity contribution in [3.8, 4) is 0 Å². The van der Waals surface area contributed by atoms with Gasteiger partial charge in [-0.3, -0.25) is 9.59 Å². The van der Waals surface area contributed by atoms with Gasteiger partial charge in [0.25, 0.3) is 0 Å². The summed E-state index contributed by atoms with van der Waals surface area (Å²) < 4.78 is 0. The fourth-order valence-electron chi connectivity index (χ4n) is 2.30. The number of aliphatic carboxylic acids is 1. The number of carbonyl (C=O) groups is 2. The molecule has 17 heavy (non-hydrogen) atoms. The molecule has 1 aliphatic carbocycles. The third-order valence-corrected chi connectivity index (χ3v) is 3.27. The van der Waals surface area contributed by atoms with E-state index in [-0.39, 0.29) is 18.9 Å². The van der Waals surface area contributed by atoms with E-state index in [1.807, 2.05) is 0 Å². The van der Waals surface area contributed by atoms with Crippen LogP contribution in [0.15, 0.2) is 0 Å². The van der Waals surface area contributed by atoms with E-state index in [0.29, 0.717) is 0 Å². The minimum absolute atomic E-state index is 0.122. The molecule has 1 rings (SSSR count). The summed E-state index contributed by atoms with van der Waals surface area (Å²) in [5, 5.41) is 12.2. The van der Waals surface area contributed by atoms with Crippen LogP contribution in [0.1, 0.15) is 51.4 Å². The van der Waals surface area contributed by atoms with E-state index < -0.39 is 17.9 Å². The van der Waals surface area contributed by atoms with Crippen LogP contribution in [0.4, 0.5) is 0 Å². The topological polar surface area (TPSA) is 92.4 Å². The Kier molecular flexibility index (Phi) is 5.97. The second-order valence-electron chi connectivity index (χ2n) is 4.75. The third-order valence-electron chi connectivity index (χ3n) is 3.27. The lowest BCUT2D eigenvalue weighted by molar-refractivity contribution is -0.140. The maximum absolute atomic E-state index is 11.1. The lowest BCUT2D eigenvalue weighted by atomic mass is 10.1. The Labute approximate surface area is 102 Å². The highest BCUT2D eigenvalue weighted by molar-refractivity contribution is 5.77. The van der Waals surface area contributed by atoms with Gasteiger partial charge in [0, 0.05) is 12.5 Å². The molecule has 1 saturated carbocycles. The molecule has 0 spiro atoms. The third kappa shape index (κ3) is 5.68. The first kappa shape index (κ1) is 14.0. The van der Waals surface area contributed by atoms with Crippen LogP contribution >= 0.6 is 0 Å². The van der Waals surface area contributed by atoms with Gasteiger partial charge in [0.15, 0.2) is 0 Å². The zero-order chi connectivity index (χ0) is 12.7. The number of carboxylic acid groups (broad SMARTS) is 1. The standard InChI is InChI=1S/C12H22N2O3/c13-11(15)8-7-10(12(16)17)14-9-5-3-1-2-4-6-9/h9-10,14H,1-8H2,(H2,13,15)(H,16,17). The van der Waals surface area contributed by atoms with E-state index in [1.165, 1.54) is 12.8 Å². The number of hydrogen-bond acceptors (Lipinski definition) is 3. The summed E-state index contributed by atoms with van der Waals surface area (Å²) in [7, 11) is 0. The zero-order valence-electron chi connectivity index (χ0n) is 10.2. The van der Waals surface area contributed by atoms with Gasteiger partial charge in [-0.2, -0.15) is 0 Å². The Morgan fingerprint density at radius 3 is 2.29 bits per heavy atom. The smallest absolute Gasteiger partial charge is 0.320 e. The number of amides is 1. The highest BCUT2D eigenvalue weighted by Gasteiger charge is 2.22. The first-order valence-electron chi connectivity index (χ1n) is 6.36. The molecule has 0 heterocycles. The molecule has 1 amide bonds. The van der Waals surface area contributed by atoms with Crippen molar-refractivity contribution in [3.63, 3.8) is 0 Å². The molecule has 5 nitrogen and oxygen atoms in total. The van der Waals surface area contributed by atoms with Crippen LogP contribution in [-0.2, 0) is 9.59 Å². The van der Waals surface area contributed by atoms with Crippen molar-refractivity contribution < 1.29 is 14.7 Å². The van der Waals surface area contributed by atoms with Crippen LogP contribution in [0.25, 0.3) is 0 Å². The second-order valence-corrected chi connectivity index (χ2v) is 4.75. The van der Waals surface area contributed by atoms with E-state index in [4.69, 9.17) is 10.8 Å². The molecule has 4 N–H and O–H groups in total. The van der Waals surface area contributed by atoms with Gasteiger partial charge in [-0.25, -0.2) is 0 Å². The van der Waals surface area contributed by atoms with Gasteiger partial charge < -0.3 is 16.2 Å². The second kappa shape index (κ2) is 7.27. The molecular formula is C12H22N2O3. The predicted octanol–water partition coefficient (Wildman–Crippen LogP) is 1.02. The molecule has 0 saturated heterocycles. The number of nitrogens with two attached hydrogens (primary N) is 1. The Balaban J connectivity index is 2.41. The first-order valence-corrected chi connectivity index (χ1v) is 6.36. The molecular weight excluding hydrogens is 220 g/mol. The fraction of sp³-hybridized carbons (Fsp3) is 0.833. The summed E-state index contributed by atoms with van der Waals surface area (Å²) in [5.74, 6) is -1.34. The van der Waals surface area contributed by atoms with Crippen LogP contribution in [0.2, 0.25) is 0 Å². The monoisotopic (exact) mass is 242 g/mol. The van der Waals surface area contributed by atoms with Crippen molar-refractivity contribution in [1.82, 2.24) is 5.32 Å².